The van der Waals surface area contributed by atoms with Crippen LogP contribution in [0.2, 0.25) is 15.3 Å². The topological polar surface area (TPSA) is 35.0 Å². The van der Waals surface area contributed by atoms with E-state index in [0.717, 1.165) is 18.4 Å². The van der Waals surface area contributed by atoms with Crippen molar-refractivity contribution < 1.29 is 4.74 Å². The summed E-state index contributed by atoms with van der Waals surface area (Å²) in [5, 5.41) is 1.13. The smallest absolute Gasteiger partial charge is 0.163 e. The lowest BCUT2D eigenvalue weighted by Gasteiger charge is -2.22. The molecular formula is C15H13Cl3N2O. The largest absolute Gasteiger partial charge is 0.367 e. The minimum absolute atomic E-state index is 0.287. The normalized spacial score (nSPS) is 21.7. The Bertz CT molecular complexity index is 661. The molecule has 1 aromatic carbocycles. The average Bonchev–Trinajstić information content (AvgIpc) is 2.88. The predicted octanol–water partition coefficient (Wildman–Crippen LogP) is 5.13. The van der Waals surface area contributed by atoms with Gasteiger partial charge in [0, 0.05) is 17.2 Å². The fraction of sp³-hybridized carbons (Fsp3) is 0.333. The molecule has 6 heteroatoms. The van der Waals surface area contributed by atoms with Crippen molar-refractivity contribution in [1.29, 1.82) is 0 Å². The maximum Gasteiger partial charge on any atom is 0.163 e. The van der Waals surface area contributed by atoms with E-state index in [1.165, 1.54) is 0 Å². The molecule has 0 amide bonds. The van der Waals surface area contributed by atoms with Crippen molar-refractivity contribution in [1.82, 2.24) is 9.97 Å². The molecule has 1 saturated heterocycles. The van der Waals surface area contributed by atoms with Crippen LogP contribution >= 0.6 is 34.8 Å². The third-order valence-electron chi connectivity index (χ3n) is 3.66. The van der Waals surface area contributed by atoms with Crippen molar-refractivity contribution in [3.8, 4) is 11.1 Å². The number of hydrogen-bond donors (Lipinski definition) is 0. The van der Waals surface area contributed by atoms with Crippen molar-refractivity contribution in [3.63, 3.8) is 0 Å². The summed E-state index contributed by atoms with van der Waals surface area (Å²) in [7, 11) is 0. The summed E-state index contributed by atoms with van der Waals surface area (Å²) in [6.45, 7) is 2.65. The van der Waals surface area contributed by atoms with Crippen LogP contribution in [0.3, 0.4) is 0 Å². The highest BCUT2D eigenvalue weighted by Crippen LogP contribution is 2.40. The molecular weight excluding hydrogens is 331 g/mol. The molecule has 1 aliphatic rings. The van der Waals surface area contributed by atoms with Gasteiger partial charge >= 0.3 is 0 Å². The van der Waals surface area contributed by atoms with E-state index in [1.807, 2.05) is 25.1 Å². The van der Waals surface area contributed by atoms with E-state index in [9.17, 15) is 0 Å². The van der Waals surface area contributed by atoms with Gasteiger partial charge in [-0.05, 0) is 25.8 Å². The lowest BCUT2D eigenvalue weighted by atomic mass is 10.0. The van der Waals surface area contributed by atoms with Crippen LogP contribution in [0.25, 0.3) is 11.1 Å². The van der Waals surface area contributed by atoms with E-state index in [1.54, 1.807) is 6.07 Å². The van der Waals surface area contributed by atoms with E-state index in [0.29, 0.717) is 23.0 Å². The number of ether oxygens (including phenoxy) is 1. The third-order valence-corrected chi connectivity index (χ3v) is 4.53. The number of benzene rings is 1. The Morgan fingerprint density at radius 3 is 2.33 bits per heavy atom. The summed E-state index contributed by atoms with van der Waals surface area (Å²) >= 11 is 18.9. The van der Waals surface area contributed by atoms with Gasteiger partial charge in [-0.1, -0.05) is 53.0 Å². The quantitative estimate of drug-likeness (QED) is 0.709. The van der Waals surface area contributed by atoms with Crippen molar-refractivity contribution in [3.05, 3.63) is 45.4 Å². The van der Waals surface area contributed by atoms with Gasteiger partial charge in [0.1, 0.15) is 15.9 Å². The molecule has 110 valence electrons. The molecule has 0 N–H and O–H groups in total. The van der Waals surface area contributed by atoms with Gasteiger partial charge in [-0.3, -0.25) is 0 Å². The molecule has 0 spiro atoms. The number of hydrogen-bond acceptors (Lipinski definition) is 3. The second-order valence-corrected chi connectivity index (χ2v) is 6.29. The lowest BCUT2D eigenvalue weighted by Crippen LogP contribution is -2.23. The van der Waals surface area contributed by atoms with E-state index in [4.69, 9.17) is 39.5 Å². The Hall–Kier alpha value is -0.870. The summed E-state index contributed by atoms with van der Waals surface area (Å²) in [4.78, 5) is 8.78. The first-order chi connectivity index (χ1) is 10.0. The summed E-state index contributed by atoms with van der Waals surface area (Å²) in [6, 6.07) is 7.32. The van der Waals surface area contributed by atoms with Crippen LogP contribution in [-0.2, 0) is 10.3 Å². The van der Waals surface area contributed by atoms with Crippen molar-refractivity contribution in [2.24, 2.45) is 0 Å². The van der Waals surface area contributed by atoms with Crippen LogP contribution in [0.5, 0.6) is 0 Å². The van der Waals surface area contributed by atoms with Gasteiger partial charge in [0.2, 0.25) is 0 Å². The van der Waals surface area contributed by atoms with Crippen molar-refractivity contribution in [2.75, 3.05) is 6.61 Å². The van der Waals surface area contributed by atoms with E-state index in [2.05, 4.69) is 9.97 Å². The van der Waals surface area contributed by atoms with Gasteiger partial charge in [-0.2, -0.15) is 0 Å². The Kier molecular flexibility index (Phi) is 4.10. The van der Waals surface area contributed by atoms with Crippen LogP contribution in [0, 0.1) is 0 Å². The third kappa shape index (κ3) is 2.76. The first-order valence-corrected chi connectivity index (χ1v) is 7.77. The summed E-state index contributed by atoms with van der Waals surface area (Å²) in [5.74, 6) is 0.519. The second kappa shape index (κ2) is 5.73. The summed E-state index contributed by atoms with van der Waals surface area (Å²) in [6.07, 6.45) is 1.83. The first-order valence-electron chi connectivity index (χ1n) is 6.64. The monoisotopic (exact) mass is 342 g/mol. The maximum atomic E-state index is 6.33. The summed E-state index contributed by atoms with van der Waals surface area (Å²) in [5.41, 5.74) is 0.749. The maximum absolute atomic E-state index is 6.33. The minimum Gasteiger partial charge on any atom is -0.367 e. The Labute approximate surface area is 138 Å². The standard InChI is InChI=1S/C15H13Cl3N2O/c1-15(7-4-8-21-15)14-19-12(17)11(13(18)20-14)9-5-2-3-6-10(9)16/h2-3,5-6H,4,7-8H2,1H3. The fourth-order valence-electron chi connectivity index (χ4n) is 2.49. The minimum atomic E-state index is -0.522. The van der Waals surface area contributed by atoms with Crippen molar-refractivity contribution in [2.45, 2.75) is 25.4 Å². The van der Waals surface area contributed by atoms with Crippen LogP contribution in [0.4, 0.5) is 0 Å². The molecule has 0 aliphatic carbocycles. The molecule has 1 fully saturated rings. The Morgan fingerprint density at radius 2 is 1.76 bits per heavy atom. The number of halogens is 3. The molecule has 0 radical (unpaired) electrons. The highest BCUT2D eigenvalue weighted by Gasteiger charge is 2.36. The zero-order chi connectivity index (χ0) is 15.0. The zero-order valence-electron chi connectivity index (χ0n) is 11.4. The van der Waals surface area contributed by atoms with Gasteiger partial charge in [0.25, 0.3) is 0 Å². The van der Waals surface area contributed by atoms with Gasteiger partial charge < -0.3 is 4.74 Å². The number of rotatable bonds is 2. The molecule has 21 heavy (non-hydrogen) atoms. The number of nitrogens with zero attached hydrogens (tertiary/aromatic N) is 2. The fourth-order valence-corrected chi connectivity index (χ4v) is 3.31. The van der Waals surface area contributed by atoms with Crippen LogP contribution < -0.4 is 0 Å². The predicted molar refractivity (Wildman–Crippen MR) is 85.0 cm³/mol. The first kappa shape index (κ1) is 15.0. The Morgan fingerprint density at radius 1 is 1.10 bits per heavy atom. The molecule has 2 heterocycles. The van der Waals surface area contributed by atoms with E-state index >= 15 is 0 Å². The van der Waals surface area contributed by atoms with Gasteiger partial charge in [0.05, 0.1) is 5.56 Å². The Balaban J connectivity index is 2.11. The van der Waals surface area contributed by atoms with Gasteiger partial charge in [0.15, 0.2) is 5.82 Å². The highest BCUT2D eigenvalue weighted by atomic mass is 35.5. The molecule has 1 atom stereocenters. The SMILES string of the molecule is CC1(c2nc(Cl)c(-c3ccccc3Cl)c(Cl)n2)CCCO1. The molecule has 2 aromatic rings. The molecule has 1 aromatic heterocycles. The average molecular weight is 344 g/mol. The van der Waals surface area contributed by atoms with Crippen LogP contribution in [0.15, 0.2) is 24.3 Å². The lowest BCUT2D eigenvalue weighted by molar-refractivity contribution is 0.00937. The van der Waals surface area contributed by atoms with E-state index in [-0.39, 0.29) is 10.3 Å². The van der Waals surface area contributed by atoms with Gasteiger partial charge in [-0.25, -0.2) is 9.97 Å². The van der Waals surface area contributed by atoms with Crippen LogP contribution in [0.1, 0.15) is 25.6 Å². The van der Waals surface area contributed by atoms with E-state index < -0.39 is 5.60 Å². The van der Waals surface area contributed by atoms with Crippen molar-refractivity contribution >= 4 is 34.8 Å². The second-order valence-electron chi connectivity index (χ2n) is 5.17. The van der Waals surface area contributed by atoms with Crippen LogP contribution in [-0.4, -0.2) is 16.6 Å². The molecule has 3 rings (SSSR count). The number of aromatic nitrogens is 2. The summed E-state index contributed by atoms with van der Waals surface area (Å²) < 4.78 is 5.74. The molecule has 3 nitrogen and oxygen atoms in total. The molecule has 1 unspecified atom stereocenters. The zero-order valence-corrected chi connectivity index (χ0v) is 13.6. The molecule has 0 saturated carbocycles. The molecule has 0 bridgehead atoms. The molecule has 1 aliphatic heterocycles. The highest BCUT2D eigenvalue weighted by molar-refractivity contribution is 6.40. The van der Waals surface area contributed by atoms with Gasteiger partial charge in [-0.15, -0.1) is 0 Å².